The molecule has 2 aromatic heterocycles. The molecule has 0 unspecified atom stereocenters. The van der Waals surface area contributed by atoms with Crippen molar-refractivity contribution in [3.05, 3.63) is 224 Å². The minimum atomic E-state index is 0.872. The lowest BCUT2D eigenvalue weighted by Crippen LogP contribution is -2.11. The van der Waals surface area contributed by atoms with Crippen LogP contribution in [0.5, 0.6) is 0 Å². The number of anilines is 3. The summed E-state index contributed by atoms with van der Waals surface area (Å²) in [6.45, 7) is 0. The van der Waals surface area contributed by atoms with Gasteiger partial charge in [0, 0.05) is 49.3 Å². The number of rotatable bonds is 6. The summed E-state index contributed by atoms with van der Waals surface area (Å²) in [5, 5.41) is 11.5. The molecule has 0 saturated heterocycles. The van der Waals surface area contributed by atoms with Crippen LogP contribution >= 0.6 is 0 Å². The molecule has 3 heteroatoms. The van der Waals surface area contributed by atoms with Crippen molar-refractivity contribution in [2.24, 2.45) is 0 Å². The monoisotopic (exact) mass is 803 g/mol. The molecule has 0 saturated carbocycles. The van der Waals surface area contributed by atoms with Crippen molar-refractivity contribution in [3.8, 4) is 33.4 Å². The van der Waals surface area contributed by atoms with E-state index < -0.39 is 0 Å². The van der Waals surface area contributed by atoms with E-state index in [9.17, 15) is 0 Å². The first-order valence-electron chi connectivity index (χ1n) is 21.5. The smallest absolute Gasteiger partial charge is 0.143 e. The zero-order chi connectivity index (χ0) is 41.4. The van der Waals surface area contributed by atoms with Crippen LogP contribution in [0.4, 0.5) is 17.1 Å². The van der Waals surface area contributed by atoms with Crippen molar-refractivity contribution < 1.29 is 8.83 Å². The van der Waals surface area contributed by atoms with E-state index in [1.54, 1.807) is 0 Å². The first kappa shape index (κ1) is 35.4. The SMILES string of the molecule is c1cc(-c2cccc3ccccc23)cc(N(c2ccc(-c3cccc4oc5c6ccccc6ccc5c34)cc2)c2ccccc2-c2cccc3oc4c5ccccc5ccc4c23)c1. The molecule has 0 radical (unpaired) electrons. The zero-order valence-electron chi connectivity index (χ0n) is 34.1. The number of para-hydroxylation sites is 1. The minimum absolute atomic E-state index is 0.872. The lowest BCUT2D eigenvalue weighted by Gasteiger charge is -2.28. The van der Waals surface area contributed by atoms with Gasteiger partial charge in [-0.3, -0.25) is 0 Å². The minimum Gasteiger partial charge on any atom is -0.455 e. The summed E-state index contributed by atoms with van der Waals surface area (Å²) in [5.74, 6) is 0. The van der Waals surface area contributed by atoms with E-state index in [4.69, 9.17) is 8.83 Å². The molecule has 0 bridgehead atoms. The fraction of sp³-hybridized carbons (Fsp3) is 0. The van der Waals surface area contributed by atoms with E-state index >= 15 is 0 Å². The molecule has 0 spiro atoms. The second-order valence-electron chi connectivity index (χ2n) is 16.4. The van der Waals surface area contributed by atoms with Gasteiger partial charge in [-0.1, -0.05) is 170 Å². The third-order valence-corrected chi connectivity index (χ3v) is 12.9. The Hall–Kier alpha value is -8.40. The van der Waals surface area contributed by atoms with Gasteiger partial charge in [0.25, 0.3) is 0 Å². The molecule has 63 heavy (non-hydrogen) atoms. The third-order valence-electron chi connectivity index (χ3n) is 12.9. The standard InChI is InChI=1S/C60H37NO2/c1-4-19-45-38(13-1)16-10-23-46(45)42-17-9-18-44(37-42)61(43-33-29-41(30-34-43)47-24-11-27-55-57(47)52-35-31-39-14-2-5-20-48(39)59(52)62-55)54-26-8-7-22-50(54)51-25-12-28-56-58(51)53-36-32-40-15-3-6-21-49(40)60(53)63-56/h1-37H. The lowest BCUT2D eigenvalue weighted by molar-refractivity contribution is 0.672. The van der Waals surface area contributed by atoms with E-state index in [0.29, 0.717) is 0 Å². The molecule has 0 fully saturated rings. The van der Waals surface area contributed by atoms with Crippen LogP contribution in [0.15, 0.2) is 233 Å². The molecular weight excluding hydrogens is 767 g/mol. The third kappa shape index (κ3) is 5.60. The highest BCUT2D eigenvalue weighted by Gasteiger charge is 2.22. The summed E-state index contributed by atoms with van der Waals surface area (Å²) in [6, 6.07) is 80.5. The largest absolute Gasteiger partial charge is 0.455 e. The van der Waals surface area contributed by atoms with Crippen molar-refractivity contribution in [2.75, 3.05) is 4.90 Å². The van der Waals surface area contributed by atoms with Crippen LogP contribution in [0, 0.1) is 0 Å². The molecule has 3 nitrogen and oxygen atoms in total. The summed E-state index contributed by atoms with van der Waals surface area (Å²) >= 11 is 0. The van der Waals surface area contributed by atoms with Crippen molar-refractivity contribution in [2.45, 2.75) is 0 Å². The van der Waals surface area contributed by atoms with Crippen LogP contribution in [-0.4, -0.2) is 0 Å². The highest BCUT2D eigenvalue weighted by Crippen LogP contribution is 2.47. The lowest BCUT2D eigenvalue weighted by atomic mass is 9.95. The molecular formula is C60H37NO2. The highest BCUT2D eigenvalue weighted by molar-refractivity contribution is 6.21. The Kier molecular flexibility index (Phi) is 7.91. The van der Waals surface area contributed by atoms with Crippen LogP contribution in [0.1, 0.15) is 0 Å². The van der Waals surface area contributed by atoms with Crippen LogP contribution in [0.2, 0.25) is 0 Å². The van der Waals surface area contributed by atoms with E-state index in [2.05, 4.69) is 229 Å². The van der Waals surface area contributed by atoms with E-state index in [-0.39, 0.29) is 0 Å². The number of hydrogen-bond acceptors (Lipinski definition) is 3. The number of hydrogen-bond donors (Lipinski definition) is 0. The second-order valence-corrected chi connectivity index (χ2v) is 16.4. The highest BCUT2D eigenvalue weighted by atomic mass is 16.3. The number of nitrogens with zero attached hydrogens (tertiary/aromatic N) is 1. The van der Waals surface area contributed by atoms with Crippen molar-refractivity contribution in [1.29, 1.82) is 0 Å². The predicted octanol–water partition coefficient (Wildman–Crippen LogP) is 17.4. The molecule has 13 rings (SSSR count). The number of fused-ring (bicyclic) bond motifs is 11. The number of furan rings is 2. The fourth-order valence-corrected chi connectivity index (χ4v) is 9.98. The Morgan fingerprint density at radius 1 is 0.286 bits per heavy atom. The van der Waals surface area contributed by atoms with E-state index in [1.165, 1.54) is 21.7 Å². The van der Waals surface area contributed by atoms with Gasteiger partial charge in [-0.25, -0.2) is 0 Å². The molecule has 0 aliphatic heterocycles. The van der Waals surface area contributed by atoms with Gasteiger partial charge in [0.05, 0.1) is 5.69 Å². The Morgan fingerprint density at radius 2 is 0.794 bits per heavy atom. The Labute approximate surface area is 363 Å². The molecule has 0 atom stereocenters. The average Bonchev–Trinajstić information content (AvgIpc) is 3.94. The fourth-order valence-electron chi connectivity index (χ4n) is 9.98. The first-order valence-corrected chi connectivity index (χ1v) is 21.5. The van der Waals surface area contributed by atoms with Gasteiger partial charge in [-0.15, -0.1) is 0 Å². The maximum Gasteiger partial charge on any atom is 0.143 e. The summed E-state index contributed by atoms with van der Waals surface area (Å²) in [4.78, 5) is 2.41. The summed E-state index contributed by atoms with van der Waals surface area (Å²) < 4.78 is 13.3. The molecule has 0 aliphatic carbocycles. The molecule has 13 aromatic rings. The second kappa shape index (κ2) is 14.1. The summed E-state index contributed by atoms with van der Waals surface area (Å²) in [7, 11) is 0. The van der Waals surface area contributed by atoms with Crippen molar-refractivity contribution in [3.63, 3.8) is 0 Å². The molecule has 11 aromatic carbocycles. The average molecular weight is 804 g/mol. The maximum atomic E-state index is 6.70. The Balaban J connectivity index is 1.01. The first-order chi connectivity index (χ1) is 31.2. The van der Waals surface area contributed by atoms with Crippen LogP contribution in [-0.2, 0) is 0 Å². The van der Waals surface area contributed by atoms with Gasteiger partial charge in [0.15, 0.2) is 0 Å². The van der Waals surface area contributed by atoms with Gasteiger partial charge in [0.2, 0.25) is 0 Å². The molecule has 0 N–H and O–H groups in total. The van der Waals surface area contributed by atoms with E-state index in [1.807, 2.05) is 0 Å². The normalized spacial score (nSPS) is 11.8. The van der Waals surface area contributed by atoms with Crippen LogP contribution < -0.4 is 4.90 Å². The van der Waals surface area contributed by atoms with Gasteiger partial charge in [-0.2, -0.15) is 0 Å². The van der Waals surface area contributed by atoms with Gasteiger partial charge in [0.1, 0.15) is 22.3 Å². The zero-order valence-corrected chi connectivity index (χ0v) is 34.1. The maximum absolute atomic E-state index is 6.70. The summed E-state index contributed by atoms with van der Waals surface area (Å²) in [5.41, 5.74) is 13.6. The van der Waals surface area contributed by atoms with Gasteiger partial charge >= 0.3 is 0 Å². The van der Waals surface area contributed by atoms with Gasteiger partial charge in [-0.05, 0) is 104 Å². The molecule has 0 aliphatic rings. The van der Waals surface area contributed by atoms with Crippen molar-refractivity contribution in [1.82, 2.24) is 0 Å². The predicted molar refractivity (Wildman–Crippen MR) is 265 cm³/mol. The van der Waals surface area contributed by atoms with Crippen molar-refractivity contribution >= 4 is 93.3 Å². The Morgan fingerprint density at radius 3 is 1.49 bits per heavy atom. The summed E-state index contributed by atoms with van der Waals surface area (Å²) in [6.07, 6.45) is 0. The molecule has 0 amide bonds. The Bertz CT molecular complexity index is 3920. The quantitative estimate of drug-likeness (QED) is 0.168. The number of benzene rings is 11. The van der Waals surface area contributed by atoms with Crippen LogP contribution in [0.3, 0.4) is 0 Å². The topological polar surface area (TPSA) is 29.5 Å². The molecule has 2 heterocycles. The van der Waals surface area contributed by atoms with E-state index in [0.717, 1.165) is 105 Å². The molecule has 294 valence electrons. The van der Waals surface area contributed by atoms with Gasteiger partial charge < -0.3 is 13.7 Å². The van der Waals surface area contributed by atoms with Crippen LogP contribution in [0.25, 0.3) is 110 Å².